The van der Waals surface area contributed by atoms with Crippen LogP contribution in [0.4, 0.5) is 4.79 Å². The maximum Gasteiger partial charge on any atom is 0.407 e. The van der Waals surface area contributed by atoms with Gasteiger partial charge in [0.1, 0.15) is 13.2 Å². The number of amides is 2. The fourth-order valence-electron chi connectivity index (χ4n) is 5.31. The lowest BCUT2D eigenvalue weighted by Crippen LogP contribution is -2.56. The van der Waals surface area contributed by atoms with Gasteiger partial charge < -0.3 is 24.8 Å². The molecule has 8 nitrogen and oxygen atoms in total. The van der Waals surface area contributed by atoms with Gasteiger partial charge in [-0.2, -0.15) is 0 Å². The highest BCUT2D eigenvalue weighted by atomic mass is 16.5. The van der Waals surface area contributed by atoms with E-state index in [1.54, 1.807) is 4.90 Å². The second-order valence-electron chi connectivity index (χ2n) is 9.25. The molecule has 2 fully saturated rings. The molecule has 0 bridgehead atoms. The fourth-order valence-corrected chi connectivity index (χ4v) is 5.31. The Kier molecular flexibility index (Phi) is 6.24. The molecule has 3 aliphatic rings. The van der Waals surface area contributed by atoms with Crippen LogP contribution in [0.5, 0.6) is 0 Å². The number of nitrogens with one attached hydrogen (secondary N) is 1. The van der Waals surface area contributed by atoms with Gasteiger partial charge in [-0.1, -0.05) is 48.5 Å². The monoisotopic (exact) mass is 464 g/mol. The van der Waals surface area contributed by atoms with E-state index in [1.165, 1.54) is 22.3 Å². The average Bonchev–Trinajstić information content (AvgIpc) is 3.39. The van der Waals surface area contributed by atoms with Crippen molar-refractivity contribution in [3.05, 3.63) is 59.7 Å². The maximum atomic E-state index is 12.7. The van der Waals surface area contributed by atoms with Crippen molar-refractivity contribution in [3.8, 4) is 11.1 Å². The number of nitrogens with zero attached hydrogens (tertiary/aromatic N) is 1. The van der Waals surface area contributed by atoms with Gasteiger partial charge in [-0.05, 0) is 41.5 Å². The Bertz CT molecular complexity index is 1050. The number of rotatable bonds is 7. The van der Waals surface area contributed by atoms with Gasteiger partial charge >= 0.3 is 12.1 Å². The van der Waals surface area contributed by atoms with Crippen LogP contribution >= 0.6 is 0 Å². The van der Waals surface area contributed by atoms with E-state index in [0.717, 1.165) is 6.42 Å². The molecule has 5 rings (SSSR count). The van der Waals surface area contributed by atoms with Crippen LogP contribution in [-0.4, -0.2) is 66.4 Å². The first-order chi connectivity index (χ1) is 16.5. The van der Waals surface area contributed by atoms with Crippen LogP contribution in [0.15, 0.2) is 48.5 Å². The molecule has 0 spiro atoms. The Morgan fingerprint density at radius 1 is 0.971 bits per heavy atom. The first-order valence-electron chi connectivity index (χ1n) is 11.7. The summed E-state index contributed by atoms with van der Waals surface area (Å²) in [5, 5.41) is 11.6. The first kappa shape index (κ1) is 22.4. The van der Waals surface area contributed by atoms with Crippen LogP contribution in [0, 0.1) is 5.92 Å². The molecule has 2 amide bonds. The molecule has 1 saturated carbocycles. The molecule has 1 saturated heterocycles. The number of benzene rings is 2. The van der Waals surface area contributed by atoms with E-state index >= 15 is 0 Å². The highest BCUT2D eigenvalue weighted by Gasteiger charge is 2.39. The summed E-state index contributed by atoms with van der Waals surface area (Å²) < 4.78 is 10.8. The minimum atomic E-state index is -1.01. The van der Waals surface area contributed by atoms with Crippen LogP contribution in [0.3, 0.4) is 0 Å². The van der Waals surface area contributed by atoms with E-state index in [0.29, 0.717) is 25.9 Å². The van der Waals surface area contributed by atoms with Crippen molar-refractivity contribution in [1.29, 1.82) is 0 Å². The van der Waals surface area contributed by atoms with Crippen LogP contribution in [-0.2, 0) is 19.1 Å². The molecule has 178 valence electrons. The number of aliphatic carboxylic acids is 1. The minimum absolute atomic E-state index is 0.0127. The summed E-state index contributed by atoms with van der Waals surface area (Å²) in [5.74, 6) is -1.09. The van der Waals surface area contributed by atoms with E-state index in [9.17, 15) is 14.4 Å². The Morgan fingerprint density at radius 3 is 2.26 bits per heavy atom. The normalized spacial score (nSPS) is 21.5. The summed E-state index contributed by atoms with van der Waals surface area (Å²) in [7, 11) is 0. The quantitative estimate of drug-likeness (QED) is 0.653. The van der Waals surface area contributed by atoms with Crippen LogP contribution < -0.4 is 5.32 Å². The predicted octanol–water partition coefficient (Wildman–Crippen LogP) is 3.01. The van der Waals surface area contributed by atoms with Crippen molar-refractivity contribution < 1.29 is 29.0 Å². The molecule has 2 unspecified atom stereocenters. The largest absolute Gasteiger partial charge is 0.480 e. The second-order valence-corrected chi connectivity index (χ2v) is 9.25. The van der Waals surface area contributed by atoms with E-state index in [1.807, 2.05) is 24.3 Å². The molecule has 2 aromatic rings. The van der Waals surface area contributed by atoms with Crippen LogP contribution in [0.1, 0.15) is 36.3 Å². The topological polar surface area (TPSA) is 105 Å². The van der Waals surface area contributed by atoms with Crippen molar-refractivity contribution in [1.82, 2.24) is 10.2 Å². The van der Waals surface area contributed by atoms with E-state index in [4.69, 9.17) is 14.6 Å². The lowest BCUT2D eigenvalue weighted by Gasteiger charge is -2.40. The molecule has 0 radical (unpaired) electrons. The number of likely N-dealkylation sites (tertiary alicyclic amines) is 1. The number of carboxylic acids is 1. The predicted molar refractivity (Wildman–Crippen MR) is 123 cm³/mol. The second kappa shape index (κ2) is 9.46. The lowest BCUT2D eigenvalue weighted by molar-refractivity contribution is -0.156. The standard InChI is InChI=1S/C26H28N2O6/c29-24(30)15-33-18-12-28(13-18)25(31)16-9-10-17(11-16)27-26(32)34-14-23-21-7-3-1-5-19(21)20-6-2-4-8-22(20)23/h1-8,16-18,23H,9-15H2,(H,27,32)(H,29,30). The fraction of sp³-hybridized carbons (Fsp3) is 0.423. The summed E-state index contributed by atoms with van der Waals surface area (Å²) in [5.41, 5.74) is 4.71. The van der Waals surface area contributed by atoms with E-state index in [-0.39, 0.29) is 43.1 Å². The molecular weight excluding hydrogens is 436 g/mol. The number of carbonyl (C=O) groups is 3. The highest BCUT2D eigenvalue weighted by molar-refractivity contribution is 5.81. The van der Waals surface area contributed by atoms with Crippen molar-refractivity contribution in [3.63, 3.8) is 0 Å². The number of hydrogen-bond donors (Lipinski definition) is 2. The first-order valence-corrected chi connectivity index (χ1v) is 11.7. The zero-order valence-electron chi connectivity index (χ0n) is 18.8. The molecule has 2 atom stereocenters. The van der Waals surface area contributed by atoms with Gasteiger partial charge in [-0.25, -0.2) is 9.59 Å². The third-order valence-electron chi connectivity index (χ3n) is 7.05. The van der Waals surface area contributed by atoms with Crippen molar-refractivity contribution in [2.75, 3.05) is 26.3 Å². The molecule has 34 heavy (non-hydrogen) atoms. The summed E-state index contributed by atoms with van der Waals surface area (Å²) in [4.78, 5) is 37.5. The molecule has 2 aromatic carbocycles. The van der Waals surface area contributed by atoms with Gasteiger partial charge in [0.25, 0.3) is 0 Å². The Labute approximate surface area is 197 Å². The zero-order valence-corrected chi connectivity index (χ0v) is 18.8. The Morgan fingerprint density at radius 2 is 1.62 bits per heavy atom. The third kappa shape index (κ3) is 4.50. The molecule has 2 N–H and O–H groups in total. The molecular formula is C26H28N2O6. The number of carbonyl (C=O) groups excluding carboxylic acids is 2. The van der Waals surface area contributed by atoms with E-state index < -0.39 is 12.1 Å². The molecule has 1 heterocycles. The summed E-state index contributed by atoms with van der Waals surface area (Å²) in [6.07, 6.45) is 1.36. The number of hydrogen-bond acceptors (Lipinski definition) is 5. The Hall–Kier alpha value is -3.39. The summed E-state index contributed by atoms with van der Waals surface area (Å²) in [6, 6.07) is 16.3. The van der Waals surface area contributed by atoms with Crippen molar-refractivity contribution >= 4 is 18.0 Å². The highest BCUT2D eigenvalue weighted by Crippen LogP contribution is 2.44. The molecule has 2 aliphatic carbocycles. The average molecular weight is 465 g/mol. The van der Waals surface area contributed by atoms with Gasteiger partial charge in [0, 0.05) is 31.0 Å². The van der Waals surface area contributed by atoms with Gasteiger partial charge in [-0.15, -0.1) is 0 Å². The Balaban J connectivity index is 1.09. The summed E-state index contributed by atoms with van der Waals surface area (Å²) in [6.45, 7) is 0.767. The number of carboxylic acid groups (broad SMARTS) is 1. The van der Waals surface area contributed by atoms with Gasteiger partial charge in [0.15, 0.2) is 0 Å². The zero-order chi connectivity index (χ0) is 23.7. The van der Waals surface area contributed by atoms with Crippen LogP contribution in [0.2, 0.25) is 0 Å². The summed E-state index contributed by atoms with van der Waals surface area (Å²) >= 11 is 0. The van der Waals surface area contributed by atoms with Gasteiger partial charge in [0.2, 0.25) is 5.91 Å². The molecule has 0 aromatic heterocycles. The van der Waals surface area contributed by atoms with Gasteiger partial charge in [-0.3, -0.25) is 4.79 Å². The minimum Gasteiger partial charge on any atom is -0.480 e. The smallest absolute Gasteiger partial charge is 0.407 e. The molecule has 1 aliphatic heterocycles. The van der Waals surface area contributed by atoms with E-state index in [2.05, 4.69) is 29.6 Å². The van der Waals surface area contributed by atoms with Gasteiger partial charge in [0.05, 0.1) is 6.10 Å². The third-order valence-corrected chi connectivity index (χ3v) is 7.05. The number of fused-ring (bicyclic) bond motifs is 3. The molecule has 8 heteroatoms. The maximum absolute atomic E-state index is 12.7. The van der Waals surface area contributed by atoms with Crippen LogP contribution in [0.25, 0.3) is 11.1 Å². The lowest BCUT2D eigenvalue weighted by atomic mass is 9.98. The number of ether oxygens (including phenoxy) is 2. The van der Waals surface area contributed by atoms with Crippen molar-refractivity contribution in [2.45, 2.75) is 37.3 Å². The number of alkyl carbamates (subject to hydrolysis) is 1. The SMILES string of the molecule is O=C(O)COC1CN(C(=O)C2CCC(NC(=O)OCC3c4ccccc4-c4ccccc43)C2)C1. The van der Waals surface area contributed by atoms with Crippen molar-refractivity contribution in [2.24, 2.45) is 5.92 Å².